The summed E-state index contributed by atoms with van der Waals surface area (Å²) in [5.74, 6) is 1.79. The van der Waals surface area contributed by atoms with Crippen LogP contribution in [0, 0.1) is 0 Å². The van der Waals surface area contributed by atoms with Crippen LogP contribution >= 0.6 is 0 Å². The minimum Gasteiger partial charge on any atom is -0.456 e. The summed E-state index contributed by atoms with van der Waals surface area (Å²) < 4.78 is 12.8. The van der Waals surface area contributed by atoms with E-state index in [1.807, 2.05) is 91.0 Å². The molecule has 10 rings (SSSR count). The molecule has 5 heteroatoms. The maximum atomic E-state index is 6.58. The average Bonchev–Trinajstić information content (AvgIpc) is 3.74. The zero-order chi connectivity index (χ0) is 31.6. The highest BCUT2D eigenvalue weighted by molar-refractivity contribution is 6.21. The molecule has 0 fully saturated rings. The number of rotatable bonds is 4. The van der Waals surface area contributed by atoms with Crippen molar-refractivity contribution in [3.63, 3.8) is 0 Å². The second kappa shape index (κ2) is 10.5. The Morgan fingerprint density at radius 1 is 0.312 bits per heavy atom. The Labute approximate surface area is 274 Å². The van der Waals surface area contributed by atoms with Gasteiger partial charge in [-0.3, -0.25) is 0 Å². The molecule has 0 radical (unpaired) electrons. The topological polar surface area (TPSA) is 65.0 Å². The molecule has 0 aliphatic carbocycles. The average molecular weight is 616 g/mol. The van der Waals surface area contributed by atoms with Crippen molar-refractivity contribution in [2.45, 2.75) is 0 Å². The molecule has 3 heterocycles. The molecule has 7 aromatic carbocycles. The number of aromatic nitrogens is 3. The molecule has 0 unspecified atom stereocenters. The van der Waals surface area contributed by atoms with Crippen molar-refractivity contribution < 1.29 is 8.83 Å². The maximum absolute atomic E-state index is 6.58. The van der Waals surface area contributed by atoms with E-state index in [0.717, 1.165) is 82.5 Å². The van der Waals surface area contributed by atoms with Gasteiger partial charge < -0.3 is 8.83 Å². The molecular weight excluding hydrogens is 590 g/mol. The number of nitrogens with zero attached hydrogens (tertiary/aromatic N) is 3. The van der Waals surface area contributed by atoms with Gasteiger partial charge in [0.15, 0.2) is 17.5 Å². The molecule has 0 N–H and O–H groups in total. The second-order valence-electron chi connectivity index (χ2n) is 11.9. The van der Waals surface area contributed by atoms with Crippen LogP contribution in [-0.2, 0) is 0 Å². The van der Waals surface area contributed by atoms with E-state index in [4.69, 9.17) is 23.8 Å². The van der Waals surface area contributed by atoms with Crippen LogP contribution in [0.25, 0.3) is 99.9 Å². The van der Waals surface area contributed by atoms with E-state index < -0.39 is 0 Å². The van der Waals surface area contributed by atoms with Crippen LogP contribution in [0.2, 0.25) is 0 Å². The summed E-state index contributed by atoms with van der Waals surface area (Å²) >= 11 is 0. The summed E-state index contributed by atoms with van der Waals surface area (Å²) in [5.41, 5.74) is 8.19. The SMILES string of the molecule is c1ccc(-c2nc(-c3cccc4c3ccc3oc5ccccc5c34)nc(-c3ccc(-c4ccccc4)c4oc5ccccc5c34)n2)cc1. The van der Waals surface area contributed by atoms with Crippen LogP contribution < -0.4 is 0 Å². The van der Waals surface area contributed by atoms with E-state index in [9.17, 15) is 0 Å². The number of hydrogen-bond acceptors (Lipinski definition) is 5. The zero-order valence-corrected chi connectivity index (χ0v) is 25.6. The molecule has 0 saturated heterocycles. The van der Waals surface area contributed by atoms with Gasteiger partial charge in [-0.2, -0.15) is 0 Å². The van der Waals surface area contributed by atoms with Gasteiger partial charge in [0.2, 0.25) is 0 Å². The summed E-state index contributed by atoms with van der Waals surface area (Å²) in [6, 6.07) is 51.4. The first kappa shape index (κ1) is 26.6. The first-order chi connectivity index (χ1) is 23.8. The van der Waals surface area contributed by atoms with Crippen molar-refractivity contribution in [2.75, 3.05) is 0 Å². The highest BCUT2D eigenvalue weighted by atomic mass is 16.3. The van der Waals surface area contributed by atoms with Crippen LogP contribution in [0.15, 0.2) is 160 Å². The Hall–Kier alpha value is -6.59. The highest BCUT2D eigenvalue weighted by Crippen LogP contribution is 2.42. The third-order valence-corrected chi connectivity index (χ3v) is 9.16. The Morgan fingerprint density at radius 3 is 1.67 bits per heavy atom. The number of furan rings is 2. The summed E-state index contributed by atoms with van der Waals surface area (Å²) in [6.07, 6.45) is 0. The Balaban J connectivity index is 1.27. The van der Waals surface area contributed by atoms with Gasteiger partial charge in [0.25, 0.3) is 0 Å². The van der Waals surface area contributed by atoms with Gasteiger partial charge in [0, 0.05) is 43.8 Å². The standard InChI is InChI=1S/C43H25N3O2/c1-3-12-26(13-4-1)28-22-23-34(39-33-17-8-10-21-36(33)48-40(28)39)43-45-41(27-14-5-2-6-15-27)44-42(46-43)31-19-11-18-30-29(31)24-25-37-38(30)32-16-7-9-20-35(32)47-37/h1-25H. The lowest BCUT2D eigenvalue weighted by Gasteiger charge is -2.12. The molecule has 224 valence electrons. The first-order valence-electron chi connectivity index (χ1n) is 15.9. The summed E-state index contributed by atoms with van der Waals surface area (Å²) in [6.45, 7) is 0. The predicted molar refractivity (Wildman–Crippen MR) is 194 cm³/mol. The molecule has 0 spiro atoms. The molecular formula is C43H25N3O2. The van der Waals surface area contributed by atoms with Crippen LogP contribution in [-0.4, -0.2) is 15.0 Å². The largest absolute Gasteiger partial charge is 0.456 e. The number of benzene rings is 7. The summed E-state index contributed by atoms with van der Waals surface area (Å²) in [7, 11) is 0. The molecule has 10 aromatic rings. The van der Waals surface area contributed by atoms with Gasteiger partial charge in [0.1, 0.15) is 22.3 Å². The smallest absolute Gasteiger partial charge is 0.164 e. The molecule has 0 aliphatic rings. The highest BCUT2D eigenvalue weighted by Gasteiger charge is 2.21. The summed E-state index contributed by atoms with van der Waals surface area (Å²) in [4.78, 5) is 15.5. The monoisotopic (exact) mass is 615 g/mol. The first-order valence-corrected chi connectivity index (χ1v) is 15.9. The van der Waals surface area contributed by atoms with Gasteiger partial charge >= 0.3 is 0 Å². The second-order valence-corrected chi connectivity index (χ2v) is 11.9. The Bertz CT molecular complexity index is 2840. The van der Waals surface area contributed by atoms with E-state index in [2.05, 4.69) is 60.7 Å². The van der Waals surface area contributed by atoms with Crippen LogP contribution in [0.5, 0.6) is 0 Å². The Morgan fingerprint density at radius 2 is 0.896 bits per heavy atom. The van der Waals surface area contributed by atoms with Gasteiger partial charge in [-0.05, 0) is 52.7 Å². The van der Waals surface area contributed by atoms with Gasteiger partial charge in [-0.15, -0.1) is 0 Å². The maximum Gasteiger partial charge on any atom is 0.164 e. The Kier molecular flexibility index (Phi) is 5.81. The van der Waals surface area contributed by atoms with Crippen molar-refractivity contribution in [3.8, 4) is 45.3 Å². The van der Waals surface area contributed by atoms with Crippen molar-refractivity contribution >= 4 is 54.6 Å². The minimum atomic E-state index is 0.585. The third-order valence-electron chi connectivity index (χ3n) is 9.16. The molecule has 0 saturated carbocycles. The van der Waals surface area contributed by atoms with Crippen LogP contribution in [0.1, 0.15) is 0 Å². The van der Waals surface area contributed by atoms with Crippen molar-refractivity contribution in [3.05, 3.63) is 152 Å². The molecule has 0 atom stereocenters. The van der Waals surface area contributed by atoms with Crippen molar-refractivity contribution in [2.24, 2.45) is 0 Å². The minimum absolute atomic E-state index is 0.585. The fourth-order valence-electron chi connectivity index (χ4n) is 6.97. The number of fused-ring (bicyclic) bond motifs is 8. The zero-order valence-electron chi connectivity index (χ0n) is 25.6. The fourth-order valence-corrected chi connectivity index (χ4v) is 6.97. The van der Waals surface area contributed by atoms with E-state index in [1.165, 1.54) is 0 Å². The van der Waals surface area contributed by atoms with E-state index >= 15 is 0 Å². The number of para-hydroxylation sites is 2. The van der Waals surface area contributed by atoms with Gasteiger partial charge in [-0.1, -0.05) is 115 Å². The van der Waals surface area contributed by atoms with Crippen LogP contribution in [0.3, 0.4) is 0 Å². The number of hydrogen-bond donors (Lipinski definition) is 0. The molecule has 5 nitrogen and oxygen atoms in total. The third kappa shape index (κ3) is 4.08. The lowest BCUT2D eigenvalue weighted by atomic mass is 9.97. The lowest BCUT2D eigenvalue weighted by molar-refractivity contribution is 0.669. The van der Waals surface area contributed by atoms with Crippen LogP contribution in [0.4, 0.5) is 0 Å². The predicted octanol–water partition coefficient (Wildman–Crippen LogP) is 11.5. The van der Waals surface area contributed by atoms with E-state index in [1.54, 1.807) is 0 Å². The molecule has 0 aliphatic heterocycles. The van der Waals surface area contributed by atoms with Gasteiger partial charge in [-0.25, -0.2) is 15.0 Å². The van der Waals surface area contributed by atoms with E-state index in [-0.39, 0.29) is 0 Å². The summed E-state index contributed by atoms with van der Waals surface area (Å²) in [5, 5.41) is 6.31. The van der Waals surface area contributed by atoms with Crippen molar-refractivity contribution in [1.82, 2.24) is 15.0 Å². The molecule has 3 aromatic heterocycles. The molecule has 0 bridgehead atoms. The van der Waals surface area contributed by atoms with Gasteiger partial charge in [0.05, 0.1) is 0 Å². The van der Waals surface area contributed by atoms with Crippen molar-refractivity contribution in [1.29, 1.82) is 0 Å². The lowest BCUT2D eigenvalue weighted by Crippen LogP contribution is -2.01. The fraction of sp³-hybridized carbons (Fsp3) is 0. The quantitative estimate of drug-likeness (QED) is 0.197. The molecule has 0 amide bonds. The molecule has 48 heavy (non-hydrogen) atoms. The van der Waals surface area contributed by atoms with E-state index in [0.29, 0.717) is 17.5 Å². The normalized spacial score (nSPS) is 11.8.